The molecule has 1 rings (SSSR count). The monoisotopic (exact) mass is 253 g/mol. The van der Waals surface area contributed by atoms with Gasteiger partial charge in [0.05, 0.1) is 0 Å². The maximum atomic E-state index is 3.56. The Morgan fingerprint density at radius 3 is 3.00 bits per heavy atom. The zero-order chi connectivity index (χ0) is 7.40. The summed E-state index contributed by atoms with van der Waals surface area (Å²) >= 11 is 2.46. The lowest BCUT2D eigenvalue weighted by Gasteiger charge is -2.29. The van der Waals surface area contributed by atoms with E-state index in [1.807, 2.05) is 0 Å². The summed E-state index contributed by atoms with van der Waals surface area (Å²) in [5, 5.41) is 3.56. The highest BCUT2D eigenvalue weighted by Crippen LogP contribution is 2.18. The molecule has 1 N–H and O–H groups in total. The molecule has 0 aromatic heterocycles. The Kier molecular flexibility index (Phi) is 3.99. The molecule has 0 aromatic carbocycles. The van der Waals surface area contributed by atoms with E-state index < -0.39 is 0 Å². The highest BCUT2D eigenvalue weighted by atomic mass is 127. The fourth-order valence-corrected chi connectivity index (χ4v) is 2.29. The van der Waals surface area contributed by atoms with Crippen molar-refractivity contribution in [1.29, 1.82) is 0 Å². The molecule has 0 amide bonds. The third-order valence-corrected chi connectivity index (χ3v) is 2.97. The second-order valence-electron chi connectivity index (χ2n) is 3.16. The van der Waals surface area contributed by atoms with Crippen molar-refractivity contribution in [2.24, 2.45) is 5.92 Å². The van der Waals surface area contributed by atoms with Gasteiger partial charge in [-0.05, 0) is 31.7 Å². The van der Waals surface area contributed by atoms with Crippen LogP contribution in [-0.2, 0) is 0 Å². The summed E-state index contributed by atoms with van der Waals surface area (Å²) in [6.45, 7) is 3.61. The average molecular weight is 253 g/mol. The van der Waals surface area contributed by atoms with Gasteiger partial charge in [0, 0.05) is 10.5 Å². The van der Waals surface area contributed by atoms with Crippen LogP contribution in [0.1, 0.15) is 26.2 Å². The van der Waals surface area contributed by atoms with Crippen LogP contribution in [0.2, 0.25) is 0 Å². The van der Waals surface area contributed by atoms with Crippen LogP contribution in [-0.4, -0.2) is 17.0 Å². The Bertz CT molecular complexity index is 93.3. The second kappa shape index (κ2) is 4.54. The SMILES string of the molecule is CC1CCCN[C@@H]1CCI. The molecule has 60 valence electrons. The van der Waals surface area contributed by atoms with Crippen molar-refractivity contribution < 1.29 is 0 Å². The number of rotatable bonds is 2. The van der Waals surface area contributed by atoms with Crippen LogP contribution in [0.4, 0.5) is 0 Å². The Balaban J connectivity index is 2.25. The van der Waals surface area contributed by atoms with E-state index in [1.165, 1.54) is 30.2 Å². The number of hydrogen-bond acceptors (Lipinski definition) is 1. The standard InChI is InChI=1S/C8H16IN/c1-7-3-2-6-10-8(7)4-5-9/h7-8,10H,2-6H2,1H3/t7?,8-/m1/s1. The molecule has 0 bridgehead atoms. The minimum absolute atomic E-state index is 0.811. The number of hydrogen-bond donors (Lipinski definition) is 1. The highest BCUT2D eigenvalue weighted by Gasteiger charge is 2.18. The van der Waals surface area contributed by atoms with Gasteiger partial charge < -0.3 is 5.32 Å². The first kappa shape index (κ1) is 8.78. The summed E-state index contributed by atoms with van der Waals surface area (Å²) in [4.78, 5) is 0. The van der Waals surface area contributed by atoms with E-state index in [0.717, 1.165) is 12.0 Å². The Morgan fingerprint density at radius 1 is 1.60 bits per heavy atom. The van der Waals surface area contributed by atoms with Crippen molar-refractivity contribution in [3.63, 3.8) is 0 Å². The van der Waals surface area contributed by atoms with Crippen molar-refractivity contribution in [1.82, 2.24) is 5.32 Å². The van der Waals surface area contributed by atoms with Gasteiger partial charge in [-0.1, -0.05) is 29.5 Å². The molecule has 1 nitrogen and oxygen atoms in total. The van der Waals surface area contributed by atoms with Gasteiger partial charge in [0.2, 0.25) is 0 Å². The zero-order valence-corrected chi connectivity index (χ0v) is 8.73. The molecule has 2 heteroatoms. The van der Waals surface area contributed by atoms with Crippen LogP contribution in [0.3, 0.4) is 0 Å². The summed E-state index contributed by atoms with van der Waals surface area (Å²) in [7, 11) is 0. The van der Waals surface area contributed by atoms with E-state index >= 15 is 0 Å². The van der Waals surface area contributed by atoms with E-state index in [9.17, 15) is 0 Å². The minimum atomic E-state index is 0.811. The Hall–Kier alpha value is 0.690. The highest BCUT2D eigenvalue weighted by molar-refractivity contribution is 14.1. The van der Waals surface area contributed by atoms with E-state index in [-0.39, 0.29) is 0 Å². The molecule has 1 saturated heterocycles. The third kappa shape index (κ3) is 2.38. The molecule has 1 aliphatic heterocycles. The van der Waals surface area contributed by atoms with Gasteiger partial charge in [-0.2, -0.15) is 0 Å². The zero-order valence-electron chi connectivity index (χ0n) is 6.57. The van der Waals surface area contributed by atoms with Crippen molar-refractivity contribution in [2.45, 2.75) is 32.2 Å². The number of halogens is 1. The molecule has 1 unspecified atom stereocenters. The van der Waals surface area contributed by atoms with Gasteiger partial charge in [-0.25, -0.2) is 0 Å². The molecule has 0 radical (unpaired) electrons. The summed E-state index contributed by atoms with van der Waals surface area (Å²) in [5.41, 5.74) is 0. The molecule has 10 heavy (non-hydrogen) atoms. The Morgan fingerprint density at radius 2 is 2.40 bits per heavy atom. The number of nitrogens with one attached hydrogen (secondary N) is 1. The van der Waals surface area contributed by atoms with Gasteiger partial charge in [-0.15, -0.1) is 0 Å². The van der Waals surface area contributed by atoms with Gasteiger partial charge in [0.15, 0.2) is 0 Å². The lowest BCUT2D eigenvalue weighted by atomic mass is 9.91. The smallest absolute Gasteiger partial charge is 0.00999 e. The van der Waals surface area contributed by atoms with Crippen LogP contribution in [0, 0.1) is 5.92 Å². The molecule has 0 saturated carbocycles. The molecule has 1 aliphatic rings. The fourth-order valence-electron chi connectivity index (χ4n) is 1.62. The summed E-state index contributed by atoms with van der Waals surface area (Å²) < 4.78 is 1.29. The minimum Gasteiger partial charge on any atom is -0.314 e. The Labute approximate surface area is 77.1 Å². The van der Waals surface area contributed by atoms with E-state index in [1.54, 1.807) is 0 Å². The molecule has 2 atom stereocenters. The quantitative estimate of drug-likeness (QED) is 0.587. The molecule has 1 heterocycles. The number of alkyl halides is 1. The third-order valence-electron chi connectivity index (χ3n) is 2.35. The average Bonchev–Trinajstić information content (AvgIpc) is 1.94. The van der Waals surface area contributed by atoms with Crippen molar-refractivity contribution in [3.05, 3.63) is 0 Å². The maximum absolute atomic E-state index is 3.56. The lowest BCUT2D eigenvalue weighted by Crippen LogP contribution is -2.40. The van der Waals surface area contributed by atoms with E-state index in [4.69, 9.17) is 0 Å². The normalized spacial score (nSPS) is 34.2. The molecule has 1 fully saturated rings. The van der Waals surface area contributed by atoms with Crippen molar-refractivity contribution in [3.8, 4) is 0 Å². The van der Waals surface area contributed by atoms with Crippen LogP contribution in [0.15, 0.2) is 0 Å². The van der Waals surface area contributed by atoms with Crippen LogP contribution in [0.5, 0.6) is 0 Å². The summed E-state index contributed by atoms with van der Waals surface area (Å²) in [6.07, 6.45) is 4.15. The molecule has 0 aliphatic carbocycles. The van der Waals surface area contributed by atoms with Crippen LogP contribution in [0.25, 0.3) is 0 Å². The van der Waals surface area contributed by atoms with Crippen LogP contribution >= 0.6 is 22.6 Å². The van der Waals surface area contributed by atoms with Gasteiger partial charge in [0.1, 0.15) is 0 Å². The van der Waals surface area contributed by atoms with E-state index in [2.05, 4.69) is 34.8 Å². The molecule has 0 spiro atoms. The predicted octanol–water partition coefficient (Wildman–Crippen LogP) is 2.20. The van der Waals surface area contributed by atoms with E-state index in [0.29, 0.717) is 0 Å². The van der Waals surface area contributed by atoms with Gasteiger partial charge in [-0.3, -0.25) is 0 Å². The van der Waals surface area contributed by atoms with Gasteiger partial charge >= 0.3 is 0 Å². The topological polar surface area (TPSA) is 12.0 Å². The summed E-state index contributed by atoms with van der Waals surface area (Å²) in [6, 6.07) is 0.811. The predicted molar refractivity (Wildman–Crippen MR) is 53.7 cm³/mol. The number of piperidine rings is 1. The maximum Gasteiger partial charge on any atom is 0.00999 e. The fraction of sp³-hybridized carbons (Fsp3) is 1.00. The molecular weight excluding hydrogens is 237 g/mol. The lowest BCUT2D eigenvalue weighted by molar-refractivity contribution is 0.296. The first-order chi connectivity index (χ1) is 4.84. The van der Waals surface area contributed by atoms with Crippen LogP contribution < -0.4 is 5.32 Å². The molecule has 0 aromatic rings. The van der Waals surface area contributed by atoms with Crippen molar-refractivity contribution in [2.75, 3.05) is 11.0 Å². The second-order valence-corrected chi connectivity index (χ2v) is 4.24. The first-order valence-electron chi connectivity index (χ1n) is 4.14. The van der Waals surface area contributed by atoms with Crippen molar-refractivity contribution >= 4 is 22.6 Å². The molecular formula is C8H16IN. The first-order valence-corrected chi connectivity index (χ1v) is 5.66. The van der Waals surface area contributed by atoms with Gasteiger partial charge in [0.25, 0.3) is 0 Å². The summed E-state index contributed by atoms with van der Waals surface area (Å²) in [5.74, 6) is 0.906. The largest absolute Gasteiger partial charge is 0.314 e.